The quantitative estimate of drug-likeness (QED) is 0.643. The van der Waals surface area contributed by atoms with Crippen LogP contribution in [0.2, 0.25) is 0 Å². The summed E-state index contributed by atoms with van der Waals surface area (Å²) < 4.78 is 5.40. The van der Waals surface area contributed by atoms with Gasteiger partial charge in [-0.05, 0) is 46.4 Å². The second-order valence-corrected chi connectivity index (χ2v) is 5.95. The standard InChI is InChI=1S/C22H21NO/c1-3-17-13-16(11-12-22(17)24-2)14-19(15-23)21-10-6-8-18-7-4-5-9-20(18)21/h4-13,19H,3,14H2,1-2H3. The minimum absolute atomic E-state index is 0.158. The van der Waals surface area contributed by atoms with Crippen LogP contribution in [-0.4, -0.2) is 7.11 Å². The van der Waals surface area contributed by atoms with Gasteiger partial charge in [0, 0.05) is 0 Å². The average molecular weight is 315 g/mol. The maximum Gasteiger partial charge on any atom is 0.122 e. The van der Waals surface area contributed by atoms with Gasteiger partial charge in [0.15, 0.2) is 0 Å². The Morgan fingerprint density at radius 3 is 2.58 bits per heavy atom. The molecule has 0 aliphatic carbocycles. The van der Waals surface area contributed by atoms with Crippen LogP contribution in [0.15, 0.2) is 60.7 Å². The zero-order chi connectivity index (χ0) is 16.9. The summed E-state index contributed by atoms with van der Waals surface area (Å²) in [7, 11) is 1.70. The summed E-state index contributed by atoms with van der Waals surface area (Å²) in [6.45, 7) is 2.12. The zero-order valence-electron chi connectivity index (χ0n) is 14.1. The highest BCUT2D eigenvalue weighted by molar-refractivity contribution is 5.86. The molecule has 0 saturated heterocycles. The summed E-state index contributed by atoms with van der Waals surface area (Å²) >= 11 is 0. The Hall–Kier alpha value is -2.79. The van der Waals surface area contributed by atoms with Crippen LogP contribution < -0.4 is 4.74 Å². The molecule has 24 heavy (non-hydrogen) atoms. The Morgan fingerprint density at radius 1 is 1.04 bits per heavy atom. The van der Waals surface area contributed by atoms with Crippen molar-refractivity contribution in [3.05, 3.63) is 77.4 Å². The van der Waals surface area contributed by atoms with E-state index in [-0.39, 0.29) is 5.92 Å². The van der Waals surface area contributed by atoms with Gasteiger partial charge < -0.3 is 4.74 Å². The van der Waals surface area contributed by atoms with Crippen LogP contribution in [0.3, 0.4) is 0 Å². The number of nitrogens with zero attached hydrogens (tertiary/aromatic N) is 1. The first kappa shape index (κ1) is 16.1. The van der Waals surface area contributed by atoms with E-state index in [4.69, 9.17) is 4.74 Å². The van der Waals surface area contributed by atoms with E-state index in [0.717, 1.165) is 23.1 Å². The lowest BCUT2D eigenvalue weighted by molar-refractivity contribution is 0.410. The van der Waals surface area contributed by atoms with Gasteiger partial charge in [-0.1, -0.05) is 61.5 Å². The third-order valence-corrected chi connectivity index (χ3v) is 4.52. The largest absolute Gasteiger partial charge is 0.496 e. The highest BCUT2D eigenvalue weighted by atomic mass is 16.5. The summed E-state index contributed by atoms with van der Waals surface area (Å²) in [5.74, 6) is 0.758. The van der Waals surface area contributed by atoms with E-state index < -0.39 is 0 Å². The lowest BCUT2D eigenvalue weighted by Crippen LogP contribution is -2.02. The molecule has 1 atom stereocenters. The molecule has 0 radical (unpaired) electrons. The molecule has 0 aliphatic heterocycles. The maximum absolute atomic E-state index is 9.75. The molecule has 0 spiro atoms. The zero-order valence-corrected chi connectivity index (χ0v) is 14.1. The topological polar surface area (TPSA) is 33.0 Å². The van der Waals surface area contributed by atoms with Gasteiger partial charge in [0.05, 0.1) is 19.1 Å². The number of benzene rings is 3. The van der Waals surface area contributed by atoms with Crippen LogP contribution >= 0.6 is 0 Å². The molecule has 0 amide bonds. The smallest absolute Gasteiger partial charge is 0.122 e. The Labute approximate surface area is 143 Å². The van der Waals surface area contributed by atoms with Gasteiger partial charge >= 0.3 is 0 Å². The molecule has 0 aliphatic rings. The SMILES string of the molecule is CCc1cc(CC(C#N)c2cccc3ccccc23)ccc1OC. The first-order valence-electron chi connectivity index (χ1n) is 8.30. The maximum atomic E-state index is 9.75. The van der Waals surface area contributed by atoms with Crippen molar-refractivity contribution in [2.75, 3.05) is 7.11 Å². The summed E-state index contributed by atoms with van der Waals surface area (Å²) in [6, 6.07) is 23.2. The van der Waals surface area contributed by atoms with Crippen LogP contribution in [0.1, 0.15) is 29.5 Å². The van der Waals surface area contributed by atoms with E-state index >= 15 is 0 Å². The van der Waals surface area contributed by atoms with E-state index in [2.05, 4.69) is 49.4 Å². The lowest BCUT2D eigenvalue weighted by Gasteiger charge is -2.14. The summed E-state index contributed by atoms with van der Waals surface area (Å²) in [5.41, 5.74) is 3.46. The second-order valence-electron chi connectivity index (χ2n) is 5.95. The number of ether oxygens (including phenoxy) is 1. The number of fused-ring (bicyclic) bond motifs is 1. The summed E-state index contributed by atoms with van der Waals surface area (Å²) in [6.07, 6.45) is 1.63. The number of hydrogen-bond donors (Lipinski definition) is 0. The molecule has 3 rings (SSSR count). The van der Waals surface area contributed by atoms with E-state index in [1.807, 2.05) is 24.3 Å². The Morgan fingerprint density at radius 2 is 1.83 bits per heavy atom. The van der Waals surface area contributed by atoms with Gasteiger partial charge in [0.25, 0.3) is 0 Å². The molecule has 3 aromatic carbocycles. The molecule has 120 valence electrons. The number of rotatable bonds is 5. The first-order chi connectivity index (χ1) is 11.8. The molecule has 0 fully saturated rings. The third-order valence-electron chi connectivity index (χ3n) is 4.52. The second kappa shape index (κ2) is 7.19. The van der Waals surface area contributed by atoms with Crippen LogP contribution in [0.25, 0.3) is 10.8 Å². The molecular formula is C22H21NO. The molecule has 0 aromatic heterocycles. The van der Waals surface area contributed by atoms with Gasteiger partial charge in [-0.3, -0.25) is 0 Å². The number of methoxy groups -OCH3 is 1. The minimum atomic E-state index is -0.158. The van der Waals surface area contributed by atoms with E-state index in [1.165, 1.54) is 16.5 Å². The number of nitriles is 1. The molecule has 3 aromatic rings. The third kappa shape index (κ3) is 3.12. The Balaban J connectivity index is 1.97. The Bertz CT molecular complexity index is 887. The van der Waals surface area contributed by atoms with Gasteiger partial charge in [-0.2, -0.15) is 5.26 Å². The normalized spacial score (nSPS) is 11.9. The Kier molecular flexibility index (Phi) is 4.82. The fourth-order valence-corrected chi connectivity index (χ4v) is 3.25. The average Bonchev–Trinajstić information content (AvgIpc) is 2.65. The molecule has 2 nitrogen and oxygen atoms in total. The molecule has 0 N–H and O–H groups in total. The van der Waals surface area contributed by atoms with E-state index in [1.54, 1.807) is 7.11 Å². The van der Waals surface area contributed by atoms with E-state index in [0.29, 0.717) is 6.42 Å². The molecule has 0 heterocycles. The molecule has 1 unspecified atom stereocenters. The predicted octanol–water partition coefficient (Wildman–Crippen LogP) is 5.26. The lowest BCUT2D eigenvalue weighted by atomic mass is 9.89. The first-order valence-corrected chi connectivity index (χ1v) is 8.30. The van der Waals surface area contributed by atoms with Crippen LogP contribution in [0.5, 0.6) is 5.75 Å². The van der Waals surface area contributed by atoms with E-state index in [9.17, 15) is 5.26 Å². The van der Waals surface area contributed by atoms with Crippen molar-refractivity contribution in [1.29, 1.82) is 5.26 Å². The highest BCUT2D eigenvalue weighted by Gasteiger charge is 2.15. The predicted molar refractivity (Wildman–Crippen MR) is 98.4 cm³/mol. The van der Waals surface area contributed by atoms with Crippen molar-refractivity contribution < 1.29 is 4.74 Å². The summed E-state index contributed by atoms with van der Waals surface area (Å²) in [5, 5.41) is 12.1. The van der Waals surface area contributed by atoms with Crippen LogP contribution in [0, 0.1) is 11.3 Å². The molecule has 0 saturated carbocycles. The fourth-order valence-electron chi connectivity index (χ4n) is 3.25. The highest BCUT2D eigenvalue weighted by Crippen LogP contribution is 2.29. The van der Waals surface area contributed by atoms with Crippen molar-refractivity contribution >= 4 is 10.8 Å². The van der Waals surface area contributed by atoms with Crippen molar-refractivity contribution in [1.82, 2.24) is 0 Å². The monoisotopic (exact) mass is 315 g/mol. The van der Waals surface area contributed by atoms with Crippen molar-refractivity contribution in [2.24, 2.45) is 0 Å². The van der Waals surface area contributed by atoms with Crippen molar-refractivity contribution in [3.63, 3.8) is 0 Å². The minimum Gasteiger partial charge on any atom is -0.496 e. The van der Waals surface area contributed by atoms with Crippen molar-refractivity contribution in [3.8, 4) is 11.8 Å². The fraction of sp³-hybridized carbons (Fsp3) is 0.227. The van der Waals surface area contributed by atoms with Gasteiger partial charge in [-0.25, -0.2) is 0 Å². The number of aryl methyl sites for hydroxylation is 1. The van der Waals surface area contributed by atoms with Gasteiger partial charge in [-0.15, -0.1) is 0 Å². The van der Waals surface area contributed by atoms with Gasteiger partial charge in [0.2, 0.25) is 0 Å². The summed E-state index contributed by atoms with van der Waals surface area (Å²) in [4.78, 5) is 0. The van der Waals surface area contributed by atoms with Gasteiger partial charge in [0.1, 0.15) is 5.75 Å². The molecule has 0 bridgehead atoms. The van der Waals surface area contributed by atoms with Crippen LogP contribution in [0.4, 0.5) is 0 Å². The van der Waals surface area contributed by atoms with Crippen molar-refractivity contribution in [2.45, 2.75) is 25.7 Å². The van der Waals surface area contributed by atoms with Crippen LogP contribution in [-0.2, 0) is 12.8 Å². The molecular weight excluding hydrogens is 294 g/mol. The number of hydrogen-bond acceptors (Lipinski definition) is 2. The molecule has 2 heteroatoms.